The summed E-state index contributed by atoms with van der Waals surface area (Å²) in [5, 5.41) is 0. The fraction of sp³-hybridized carbons (Fsp3) is 0.667. The van der Waals surface area contributed by atoms with E-state index in [1.165, 1.54) is 30.4 Å². The molecule has 2 rings (SSSR count). The molecule has 1 aromatic rings. The summed E-state index contributed by atoms with van der Waals surface area (Å²) in [4.78, 5) is 0. The summed E-state index contributed by atoms with van der Waals surface area (Å²) in [6, 6.07) is 8.72. The van der Waals surface area contributed by atoms with E-state index in [1.807, 2.05) is 0 Å². The summed E-state index contributed by atoms with van der Waals surface area (Å²) in [7, 11) is 0. The Labute approximate surface area is 123 Å². The third-order valence-electron chi connectivity index (χ3n) is 4.94. The van der Waals surface area contributed by atoms with Crippen LogP contribution in [0.3, 0.4) is 0 Å². The van der Waals surface area contributed by atoms with Gasteiger partial charge in [0, 0.05) is 0 Å². The van der Waals surface area contributed by atoms with Gasteiger partial charge in [-0.1, -0.05) is 45.0 Å². The van der Waals surface area contributed by atoms with E-state index in [9.17, 15) is 0 Å². The van der Waals surface area contributed by atoms with Crippen molar-refractivity contribution in [1.29, 1.82) is 0 Å². The van der Waals surface area contributed by atoms with Gasteiger partial charge < -0.3 is 10.5 Å². The lowest BCUT2D eigenvalue weighted by atomic mass is 9.80. The second-order valence-electron chi connectivity index (χ2n) is 6.58. The average Bonchev–Trinajstić information content (AvgIpc) is 2.48. The molecule has 0 aliphatic heterocycles. The van der Waals surface area contributed by atoms with Crippen LogP contribution in [-0.4, -0.2) is 12.6 Å². The van der Waals surface area contributed by atoms with Gasteiger partial charge in [0.2, 0.25) is 0 Å². The second-order valence-corrected chi connectivity index (χ2v) is 6.58. The van der Waals surface area contributed by atoms with Crippen molar-refractivity contribution in [2.75, 3.05) is 6.54 Å². The monoisotopic (exact) mass is 275 g/mol. The molecule has 1 fully saturated rings. The van der Waals surface area contributed by atoms with Crippen LogP contribution in [0.15, 0.2) is 24.3 Å². The van der Waals surface area contributed by atoms with Gasteiger partial charge in [-0.3, -0.25) is 0 Å². The van der Waals surface area contributed by atoms with E-state index in [-0.39, 0.29) is 0 Å². The zero-order valence-electron chi connectivity index (χ0n) is 13.1. The predicted molar refractivity (Wildman–Crippen MR) is 84.7 cm³/mol. The van der Waals surface area contributed by atoms with Crippen molar-refractivity contribution in [2.24, 2.45) is 17.6 Å². The maximum Gasteiger partial charge on any atom is 0.0720 e. The topological polar surface area (TPSA) is 35.2 Å². The zero-order valence-corrected chi connectivity index (χ0v) is 13.1. The molecule has 1 aliphatic rings. The smallest absolute Gasteiger partial charge is 0.0720 e. The molecule has 1 aliphatic carbocycles. The quantitative estimate of drug-likeness (QED) is 0.878. The lowest BCUT2D eigenvalue weighted by Crippen LogP contribution is -2.26. The van der Waals surface area contributed by atoms with E-state index in [1.54, 1.807) is 0 Å². The third-order valence-corrected chi connectivity index (χ3v) is 4.94. The molecule has 2 N–H and O–H groups in total. The van der Waals surface area contributed by atoms with Crippen molar-refractivity contribution in [2.45, 2.75) is 58.7 Å². The average molecular weight is 275 g/mol. The van der Waals surface area contributed by atoms with E-state index in [4.69, 9.17) is 10.5 Å². The Morgan fingerprint density at radius 1 is 1.15 bits per heavy atom. The van der Waals surface area contributed by atoms with Crippen molar-refractivity contribution >= 4 is 0 Å². The van der Waals surface area contributed by atoms with Crippen molar-refractivity contribution in [3.8, 4) is 0 Å². The molecule has 112 valence electrons. The second kappa shape index (κ2) is 7.24. The molecule has 0 bridgehead atoms. The Balaban J connectivity index is 1.82. The minimum absolute atomic E-state index is 0.436. The Kier molecular flexibility index (Phi) is 5.62. The van der Waals surface area contributed by atoms with Gasteiger partial charge in [0.15, 0.2) is 0 Å². The number of benzene rings is 1. The Morgan fingerprint density at radius 3 is 2.45 bits per heavy atom. The van der Waals surface area contributed by atoms with Crippen LogP contribution in [0.4, 0.5) is 0 Å². The highest BCUT2D eigenvalue weighted by molar-refractivity contribution is 5.24. The van der Waals surface area contributed by atoms with Crippen LogP contribution in [0.5, 0.6) is 0 Å². The molecule has 0 saturated heterocycles. The standard InChI is InChI=1S/C18H29NO/c1-13-4-9-18(10-14(13)2)20-12-16-5-7-17(8-6-16)15(3)11-19/h5-8,13-15,18H,4,9-12,19H2,1-3H3. The summed E-state index contributed by atoms with van der Waals surface area (Å²) >= 11 is 0. The number of hydrogen-bond donors (Lipinski definition) is 1. The van der Waals surface area contributed by atoms with Gasteiger partial charge in [0.1, 0.15) is 0 Å². The van der Waals surface area contributed by atoms with Crippen molar-refractivity contribution in [1.82, 2.24) is 0 Å². The molecular weight excluding hydrogens is 246 g/mol. The van der Waals surface area contributed by atoms with E-state index >= 15 is 0 Å². The first kappa shape index (κ1) is 15.5. The SMILES string of the molecule is CC(CN)c1ccc(COC2CCC(C)C(C)C2)cc1. The molecule has 4 unspecified atom stereocenters. The largest absolute Gasteiger partial charge is 0.374 e. The normalized spacial score (nSPS) is 28.3. The number of ether oxygens (including phenoxy) is 1. The summed E-state index contributed by atoms with van der Waals surface area (Å²) in [5.74, 6) is 2.08. The van der Waals surface area contributed by atoms with Crippen molar-refractivity contribution in [3.63, 3.8) is 0 Å². The molecular formula is C18H29NO. The van der Waals surface area contributed by atoms with Gasteiger partial charge >= 0.3 is 0 Å². The van der Waals surface area contributed by atoms with Gasteiger partial charge in [-0.25, -0.2) is 0 Å². The van der Waals surface area contributed by atoms with Crippen LogP contribution < -0.4 is 5.73 Å². The summed E-state index contributed by atoms with van der Waals surface area (Å²) < 4.78 is 6.09. The number of nitrogens with two attached hydrogens (primary N) is 1. The van der Waals surface area contributed by atoms with Gasteiger partial charge in [-0.05, 0) is 54.7 Å². The molecule has 4 atom stereocenters. The molecule has 0 spiro atoms. The van der Waals surface area contributed by atoms with Crippen molar-refractivity contribution in [3.05, 3.63) is 35.4 Å². The summed E-state index contributed by atoms with van der Waals surface area (Å²) in [6.45, 7) is 8.31. The van der Waals surface area contributed by atoms with Gasteiger partial charge in [-0.15, -0.1) is 0 Å². The fourth-order valence-corrected chi connectivity index (χ4v) is 2.94. The minimum atomic E-state index is 0.436. The lowest BCUT2D eigenvalue weighted by molar-refractivity contribution is -0.00745. The molecule has 1 saturated carbocycles. The summed E-state index contributed by atoms with van der Waals surface area (Å²) in [6.07, 6.45) is 4.18. The van der Waals surface area contributed by atoms with E-state index in [0.717, 1.165) is 18.4 Å². The van der Waals surface area contributed by atoms with Crippen LogP contribution in [0.25, 0.3) is 0 Å². The molecule has 0 heterocycles. The molecule has 2 heteroatoms. The number of hydrogen-bond acceptors (Lipinski definition) is 2. The highest BCUT2D eigenvalue weighted by Gasteiger charge is 2.24. The highest BCUT2D eigenvalue weighted by atomic mass is 16.5. The lowest BCUT2D eigenvalue weighted by Gasteiger charge is -2.32. The Hall–Kier alpha value is -0.860. The van der Waals surface area contributed by atoms with Crippen LogP contribution in [-0.2, 0) is 11.3 Å². The van der Waals surface area contributed by atoms with E-state index in [0.29, 0.717) is 18.6 Å². The molecule has 0 amide bonds. The summed E-state index contributed by atoms with van der Waals surface area (Å²) in [5.41, 5.74) is 8.28. The van der Waals surface area contributed by atoms with Crippen LogP contribution in [0.1, 0.15) is 57.1 Å². The van der Waals surface area contributed by atoms with Crippen LogP contribution >= 0.6 is 0 Å². The fourth-order valence-electron chi connectivity index (χ4n) is 2.94. The van der Waals surface area contributed by atoms with Crippen molar-refractivity contribution < 1.29 is 4.74 Å². The first-order chi connectivity index (χ1) is 9.60. The van der Waals surface area contributed by atoms with Gasteiger partial charge in [0.25, 0.3) is 0 Å². The van der Waals surface area contributed by atoms with E-state index in [2.05, 4.69) is 45.0 Å². The van der Waals surface area contributed by atoms with Gasteiger partial charge in [-0.2, -0.15) is 0 Å². The molecule has 1 aromatic carbocycles. The molecule has 20 heavy (non-hydrogen) atoms. The maximum atomic E-state index is 6.09. The van der Waals surface area contributed by atoms with Crippen LogP contribution in [0.2, 0.25) is 0 Å². The minimum Gasteiger partial charge on any atom is -0.374 e. The molecule has 2 nitrogen and oxygen atoms in total. The Bertz CT molecular complexity index is 400. The maximum absolute atomic E-state index is 6.09. The van der Waals surface area contributed by atoms with E-state index < -0.39 is 0 Å². The number of rotatable bonds is 5. The predicted octanol–water partition coefficient (Wildman–Crippen LogP) is 4.09. The van der Waals surface area contributed by atoms with Crippen LogP contribution in [0, 0.1) is 11.8 Å². The molecule has 0 aromatic heterocycles. The Morgan fingerprint density at radius 2 is 1.85 bits per heavy atom. The first-order valence-electron chi connectivity index (χ1n) is 8.00. The molecule has 0 radical (unpaired) electrons. The van der Waals surface area contributed by atoms with Gasteiger partial charge in [0.05, 0.1) is 12.7 Å². The third kappa shape index (κ3) is 4.07. The first-order valence-corrected chi connectivity index (χ1v) is 8.00. The highest BCUT2D eigenvalue weighted by Crippen LogP contribution is 2.31. The zero-order chi connectivity index (χ0) is 14.5.